The molecule has 28 heavy (non-hydrogen) atoms. The van der Waals surface area contributed by atoms with Crippen LogP contribution in [0, 0.1) is 20.8 Å². The van der Waals surface area contributed by atoms with Gasteiger partial charge in [-0.1, -0.05) is 17.3 Å². The number of pyridine rings is 1. The molecule has 0 fully saturated rings. The number of H-pyrrole nitrogens is 2. The topological polar surface area (TPSA) is 87.6 Å². The summed E-state index contributed by atoms with van der Waals surface area (Å²) in [6, 6.07) is 12.1. The van der Waals surface area contributed by atoms with E-state index < -0.39 is 0 Å². The zero-order valence-corrected chi connectivity index (χ0v) is 15.8. The van der Waals surface area contributed by atoms with E-state index in [0.29, 0.717) is 0 Å². The summed E-state index contributed by atoms with van der Waals surface area (Å²) in [6.45, 7) is 5.88. The van der Waals surface area contributed by atoms with Gasteiger partial charge in [-0.15, -0.1) is 0 Å². The maximum atomic E-state index is 12.1. The highest BCUT2D eigenvalue weighted by Crippen LogP contribution is 2.37. The quantitative estimate of drug-likeness (QED) is 0.473. The van der Waals surface area contributed by atoms with Crippen molar-refractivity contribution in [2.75, 3.05) is 0 Å². The normalized spacial score (nSPS) is 11.5. The molecule has 0 bridgehead atoms. The standard InChI is InChI=1S/C22H18N4O2/c1-11-5-4-6-17-19(11)15(7-8-23-17)16-9-14(20-12(2)26-28-13(20)3)10-18-21(16)25-22(27)24-18/h4-10H,1-3H3,(H2,24,25,27). The third kappa shape index (κ3) is 2.38. The first-order valence-electron chi connectivity index (χ1n) is 9.07. The molecule has 0 radical (unpaired) electrons. The lowest BCUT2D eigenvalue weighted by Crippen LogP contribution is -1.99. The van der Waals surface area contributed by atoms with Crippen molar-refractivity contribution >= 4 is 21.9 Å². The van der Waals surface area contributed by atoms with Crippen LogP contribution in [0.1, 0.15) is 17.0 Å². The number of fused-ring (bicyclic) bond motifs is 2. The SMILES string of the molecule is Cc1noc(C)c1-c1cc(-c2ccnc3cccc(C)c23)c2[nH]c(=O)[nH]c2c1. The maximum absolute atomic E-state index is 12.1. The van der Waals surface area contributed by atoms with E-state index in [1.807, 2.05) is 38.1 Å². The van der Waals surface area contributed by atoms with Gasteiger partial charge in [-0.2, -0.15) is 0 Å². The Morgan fingerprint density at radius 1 is 1.00 bits per heavy atom. The van der Waals surface area contributed by atoms with E-state index in [1.54, 1.807) is 6.20 Å². The van der Waals surface area contributed by atoms with Crippen LogP contribution in [0.3, 0.4) is 0 Å². The Kier molecular flexibility index (Phi) is 3.49. The van der Waals surface area contributed by atoms with Crippen molar-refractivity contribution in [3.8, 4) is 22.3 Å². The van der Waals surface area contributed by atoms with Gasteiger partial charge in [0.2, 0.25) is 0 Å². The van der Waals surface area contributed by atoms with Crippen LogP contribution in [-0.2, 0) is 0 Å². The summed E-state index contributed by atoms with van der Waals surface area (Å²) in [5.41, 5.74) is 8.02. The van der Waals surface area contributed by atoms with Crippen LogP contribution in [0.4, 0.5) is 0 Å². The van der Waals surface area contributed by atoms with E-state index in [-0.39, 0.29) is 5.69 Å². The van der Waals surface area contributed by atoms with Gasteiger partial charge in [-0.05, 0) is 61.7 Å². The van der Waals surface area contributed by atoms with Crippen molar-refractivity contribution in [1.29, 1.82) is 0 Å². The molecule has 0 aliphatic heterocycles. The van der Waals surface area contributed by atoms with Crippen LogP contribution in [-0.4, -0.2) is 20.1 Å². The molecule has 3 aromatic heterocycles. The summed E-state index contributed by atoms with van der Waals surface area (Å²) in [5, 5.41) is 5.15. The molecular weight excluding hydrogens is 352 g/mol. The fourth-order valence-corrected chi connectivity index (χ4v) is 4.00. The fraction of sp³-hybridized carbons (Fsp3) is 0.136. The van der Waals surface area contributed by atoms with Crippen molar-refractivity contribution in [3.63, 3.8) is 0 Å². The van der Waals surface area contributed by atoms with Crippen molar-refractivity contribution in [2.24, 2.45) is 0 Å². The van der Waals surface area contributed by atoms with E-state index >= 15 is 0 Å². The van der Waals surface area contributed by atoms with Crippen molar-refractivity contribution < 1.29 is 4.52 Å². The first-order chi connectivity index (χ1) is 13.5. The smallest absolute Gasteiger partial charge is 0.323 e. The fourth-order valence-electron chi connectivity index (χ4n) is 4.00. The molecule has 0 unspecified atom stereocenters. The maximum Gasteiger partial charge on any atom is 0.323 e. The zero-order valence-electron chi connectivity index (χ0n) is 15.8. The average Bonchev–Trinajstić information content (AvgIpc) is 3.21. The second-order valence-electron chi connectivity index (χ2n) is 7.05. The predicted molar refractivity (Wildman–Crippen MR) is 109 cm³/mol. The van der Waals surface area contributed by atoms with Gasteiger partial charge in [-0.25, -0.2) is 4.79 Å². The second kappa shape index (κ2) is 5.92. The summed E-state index contributed by atoms with van der Waals surface area (Å²) in [6.07, 6.45) is 1.80. The van der Waals surface area contributed by atoms with Gasteiger partial charge < -0.3 is 14.5 Å². The Bertz CT molecular complexity index is 1400. The molecule has 0 saturated heterocycles. The van der Waals surface area contributed by atoms with Crippen LogP contribution in [0.15, 0.2) is 51.9 Å². The van der Waals surface area contributed by atoms with Gasteiger partial charge in [0.05, 0.1) is 22.2 Å². The number of hydrogen-bond donors (Lipinski definition) is 2. The lowest BCUT2D eigenvalue weighted by atomic mass is 9.93. The number of hydrogen-bond acceptors (Lipinski definition) is 4. The predicted octanol–water partition coefficient (Wildman–Crippen LogP) is 4.65. The largest absolute Gasteiger partial charge is 0.361 e. The van der Waals surface area contributed by atoms with E-state index in [1.165, 1.54) is 0 Å². The van der Waals surface area contributed by atoms with Gasteiger partial charge >= 0.3 is 5.69 Å². The van der Waals surface area contributed by atoms with Crippen LogP contribution in [0.25, 0.3) is 44.2 Å². The Balaban J connectivity index is 1.92. The molecular formula is C22H18N4O2. The van der Waals surface area contributed by atoms with Crippen LogP contribution < -0.4 is 5.69 Å². The van der Waals surface area contributed by atoms with Gasteiger partial charge in [0.1, 0.15) is 5.76 Å². The number of imidazole rings is 1. The molecule has 0 saturated carbocycles. The molecule has 2 N–H and O–H groups in total. The summed E-state index contributed by atoms with van der Waals surface area (Å²) in [5.74, 6) is 0.747. The molecule has 2 aromatic carbocycles. The molecule has 0 spiro atoms. The number of nitrogens with one attached hydrogen (secondary N) is 2. The van der Waals surface area contributed by atoms with E-state index in [4.69, 9.17) is 4.52 Å². The lowest BCUT2D eigenvalue weighted by molar-refractivity contribution is 0.393. The van der Waals surface area contributed by atoms with Gasteiger partial charge in [0.25, 0.3) is 0 Å². The number of aromatic amines is 2. The Morgan fingerprint density at radius 3 is 2.64 bits per heavy atom. The molecule has 3 heterocycles. The first kappa shape index (κ1) is 16.5. The summed E-state index contributed by atoms with van der Waals surface area (Å²) in [4.78, 5) is 22.4. The summed E-state index contributed by atoms with van der Waals surface area (Å²) in [7, 11) is 0. The number of benzene rings is 2. The van der Waals surface area contributed by atoms with Crippen molar-refractivity contribution in [2.45, 2.75) is 20.8 Å². The highest BCUT2D eigenvalue weighted by Gasteiger charge is 2.18. The lowest BCUT2D eigenvalue weighted by Gasteiger charge is -2.12. The monoisotopic (exact) mass is 370 g/mol. The molecule has 6 heteroatoms. The number of nitrogens with zero attached hydrogens (tertiary/aromatic N) is 2. The van der Waals surface area contributed by atoms with Crippen LogP contribution in [0.5, 0.6) is 0 Å². The molecule has 0 aliphatic carbocycles. The molecule has 0 amide bonds. The Morgan fingerprint density at radius 2 is 1.86 bits per heavy atom. The van der Waals surface area contributed by atoms with Crippen LogP contribution >= 0.6 is 0 Å². The van der Waals surface area contributed by atoms with Crippen molar-refractivity contribution in [3.05, 3.63) is 70.1 Å². The molecule has 0 aliphatic rings. The zero-order chi connectivity index (χ0) is 19.4. The Labute approximate surface area is 160 Å². The third-order valence-electron chi connectivity index (χ3n) is 5.21. The van der Waals surface area contributed by atoms with Crippen molar-refractivity contribution in [1.82, 2.24) is 20.1 Å². The van der Waals surface area contributed by atoms with Gasteiger partial charge in [0, 0.05) is 22.7 Å². The number of rotatable bonds is 2. The minimum atomic E-state index is -0.234. The number of aromatic nitrogens is 4. The highest BCUT2D eigenvalue weighted by atomic mass is 16.5. The van der Waals surface area contributed by atoms with E-state index in [0.717, 1.165) is 61.2 Å². The summed E-state index contributed by atoms with van der Waals surface area (Å²) >= 11 is 0. The first-order valence-corrected chi connectivity index (χ1v) is 9.07. The molecule has 138 valence electrons. The molecule has 5 rings (SSSR count). The Hall–Kier alpha value is -3.67. The minimum absolute atomic E-state index is 0.234. The average molecular weight is 370 g/mol. The minimum Gasteiger partial charge on any atom is -0.361 e. The summed E-state index contributed by atoms with van der Waals surface area (Å²) < 4.78 is 5.36. The third-order valence-corrected chi connectivity index (χ3v) is 5.21. The molecule has 6 nitrogen and oxygen atoms in total. The van der Waals surface area contributed by atoms with E-state index in [2.05, 4.69) is 39.2 Å². The molecule has 5 aromatic rings. The van der Waals surface area contributed by atoms with Gasteiger partial charge in [0.15, 0.2) is 0 Å². The van der Waals surface area contributed by atoms with E-state index in [9.17, 15) is 4.79 Å². The molecule has 0 atom stereocenters. The van der Waals surface area contributed by atoms with Crippen LogP contribution in [0.2, 0.25) is 0 Å². The second-order valence-corrected chi connectivity index (χ2v) is 7.05. The highest BCUT2D eigenvalue weighted by molar-refractivity contribution is 6.05. The van der Waals surface area contributed by atoms with Gasteiger partial charge in [-0.3, -0.25) is 4.98 Å². The number of aryl methyl sites for hydroxylation is 3.